The van der Waals surface area contributed by atoms with Crippen molar-refractivity contribution < 1.29 is 4.92 Å². The van der Waals surface area contributed by atoms with E-state index < -0.39 is 4.92 Å². The third-order valence-electron chi connectivity index (χ3n) is 2.66. The summed E-state index contributed by atoms with van der Waals surface area (Å²) in [5.41, 5.74) is 0.0617. The van der Waals surface area contributed by atoms with Crippen molar-refractivity contribution in [2.24, 2.45) is 0 Å². The average molecular weight is 266 g/mol. The normalized spacial score (nSPS) is 10.2. The molecule has 1 aromatic rings. The van der Waals surface area contributed by atoms with Gasteiger partial charge in [0.05, 0.1) is 17.1 Å². The third kappa shape index (κ3) is 5.54. The highest BCUT2D eigenvalue weighted by atomic mass is 16.6. The van der Waals surface area contributed by atoms with Crippen molar-refractivity contribution in [3.05, 3.63) is 22.2 Å². The van der Waals surface area contributed by atoms with Gasteiger partial charge in [-0.1, -0.05) is 26.7 Å². The molecule has 0 saturated heterocycles. The smallest absolute Gasteiger partial charge is 0.276 e. The van der Waals surface area contributed by atoms with Gasteiger partial charge < -0.3 is 10.6 Å². The topological polar surface area (TPSA) is 80.1 Å². The first kappa shape index (κ1) is 15.2. The molecule has 0 aromatic carbocycles. The Hall–Kier alpha value is -1.85. The molecular weight excluding hydrogens is 244 g/mol. The molecule has 0 aliphatic heterocycles. The maximum absolute atomic E-state index is 10.9. The van der Waals surface area contributed by atoms with Crippen LogP contribution in [-0.4, -0.2) is 23.0 Å². The first-order chi connectivity index (χ1) is 9.17. The highest BCUT2D eigenvalue weighted by Gasteiger charge is 2.10. The van der Waals surface area contributed by atoms with Crippen LogP contribution in [0.4, 0.5) is 17.3 Å². The monoisotopic (exact) mass is 266 g/mol. The van der Waals surface area contributed by atoms with Crippen LogP contribution in [0.15, 0.2) is 12.1 Å². The van der Waals surface area contributed by atoms with Crippen molar-refractivity contribution in [1.82, 2.24) is 4.98 Å². The predicted molar refractivity (Wildman–Crippen MR) is 77.7 cm³/mol. The second kappa shape index (κ2) is 8.29. The van der Waals surface area contributed by atoms with Crippen LogP contribution in [0, 0.1) is 10.1 Å². The Labute approximate surface area is 113 Å². The lowest BCUT2D eigenvalue weighted by atomic mass is 10.2. The van der Waals surface area contributed by atoms with Crippen LogP contribution in [-0.2, 0) is 0 Å². The summed E-state index contributed by atoms with van der Waals surface area (Å²) in [4.78, 5) is 14.8. The van der Waals surface area contributed by atoms with Gasteiger partial charge in [0.2, 0.25) is 0 Å². The number of hydrogen-bond donors (Lipinski definition) is 2. The van der Waals surface area contributed by atoms with Crippen molar-refractivity contribution in [2.75, 3.05) is 23.7 Å². The fourth-order valence-electron chi connectivity index (χ4n) is 1.65. The molecule has 0 aliphatic carbocycles. The van der Waals surface area contributed by atoms with Crippen molar-refractivity contribution in [1.29, 1.82) is 0 Å². The van der Waals surface area contributed by atoms with Gasteiger partial charge in [-0.15, -0.1) is 0 Å². The molecule has 0 saturated carbocycles. The Morgan fingerprint density at radius 3 is 2.26 bits per heavy atom. The molecule has 1 heterocycles. The van der Waals surface area contributed by atoms with E-state index in [0.717, 1.165) is 38.8 Å². The molecule has 2 N–H and O–H groups in total. The summed E-state index contributed by atoms with van der Waals surface area (Å²) in [6, 6.07) is 2.94. The van der Waals surface area contributed by atoms with Crippen LogP contribution in [0.3, 0.4) is 0 Å². The fourth-order valence-corrected chi connectivity index (χ4v) is 1.65. The highest BCUT2D eigenvalue weighted by Crippen LogP contribution is 2.20. The molecule has 0 aliphatic rings. The lowest BCUT2D eigenvalue weighted by molar-refractivity contribution is -0.384. The molecule has 6 nitrogen and oxygen atoms in total. The molecule has 1 rings (SSSR count). The first-order valence-corrected chi connectivity index (χ1v) is 6.81. The van der Waals surface area contributed by atoms with E-state index in [2.05, 4.69) is 22.5 Å². The van der Waals surface area contributed by atoms with Gasteiger partial charge in [0, 0.05) is 13.1 Å². The van der Waals surface area contributed by atoms with Crippen molar-refractivity contribution in [3.8, 4) is 0 Å². The van der Waals surface area contributed by atoms with Crippen molar-refractivity contribution in [3.63, 3.8) is 0 Å². The third-order valence-corrected chi connectivity index (χ3v) is 2.66. The molecule has 0 amide bonds. The molecule has 0 unspecified atom stereocenters. The van der Waals surface area contributed by atoms with Gasteiger partial charge in [-0.25, -0.2) is 4.98 Å². The summed E-state index contributed by atoms with van der Waals surface area (Å²) in [5, 5.41) is 17.1. The zero-order valence-electron chi connectivity index (χ0n) is 11.6. The SMILES string of the molecule is CCCCCNc1cc([N+](=O)[O-])cc(NCCC)n1. The Kier molecular flexibility index (Phi) is 6.63. The lowest BCUT2D eigenvalue weighted by Gasteiger charge is -2.08. The average Bonchev–Trinajstić information content (AvgIpc) is 2.41. The van der Waals surface area contributed by atoms with E-state index in [1.54, 1.807) is 0 Å². The van der Waals surface area contributed by atoms with Gasteiger partial charge in [-0.2, -0.15) is 0 Å². The Bertz CT molecular complexity index is 410. The lowest BCUT2D eigenvalue weighted by Crippen LogP contribution is -2.07. The quantitative estimate of drug-likeness (QED) is 0.406. The minimum atomic E-state index is -0.393. The summed E-state index contributed by atoms with van der Waals surface area (Å²) in [5.74, 6) is 1.11. The summed E-state index contributed by atoms with van der Waals surface area (Å²) in [7, 11) is 0. The molecule has 1 aromatic heterocycles. The van der Waals surface area contributed by atoms with Crippen LogP contribution in [0.5, 0.6) is 0 Å². The van der Waals surface area contributed by atoms with Crippen LogP contribution in [0.1, 0.15) is 39.5 Å². The van der Waals surface area contributed by atoms with E-state index in [4.69, 9.17) is 0 Å². The molecule has 0 radical (unpaired) electrons. The number of nitro groups is 1. The number of hydrogen-bond acceptors (Lipinski definition) is 5. The molecule has 0 spiro atoms. The number of nitrogens with zero attached hydrogens (tertiary/aromatic N) is 2. The highest BCUT2D eigenvalue weighted by molar-refractivity contribution is 5.54. The molecule has 106 valence electrons. The van der Waals surface area contributed by atoms with Crippen molar-refractivity contribution >= 4 is 17.3 Å². The Morgan fingerprint density at radius 1 is 1.11 bits per heavy atom. The zero-order valence-corrected chi connectivity index (χ0v) is 11.6. The first-order valence-electron chi connectivity index (χ1n) is 6.81. The number of rotatable bonds is 9. The Morgan fingerprint density at radius 2 is 1.74 bits per heavy atom. The maximum Gasteiger partial charge on any atom is 0.276 e. The molecule has 19 heavy (non-hydrogen) atoms. The minimum Gasteiger partial charge on any atom is -0.370 e. The number of pyridine rings is 1. The standard InChI is InChI=1S/C13H22N4O2/c1-3-5-6-8-15-13-10-11(17(18)19)9-12(16-13)14-7-4-2/h9-10H,3-8H2,1-2H3,(H2,14,15,16). The van der Waals surface area contributed by atoms with E-state index in [0.29, 0.717) is 11.6 Å². The largest absolute Gasteiger partial charge is 0.370 e. The second-order valence-electron chi connectivity index (χ2n) is 4.41. The van der Waals surface area contributed by atoms with Crippen LogP contribution in [0.2, 0.25) is 0 Å². The minimum absolute atomic E-state index is 0.0617. The van der Waals surface area contributed by atoms with Gasteiger partial charge in [0.15, 0.2) is 0 Å². The number of nitrogens with one attached hydrogen (secondary N) is 2. The van der Waals surface area contributed by atoms with Gasteiger partial charge >= 0.3 is 0 Å². The zero-order chi connectivity index (χ0) is 14.1. The summed E-state index contributed by atoms with van der Waals surface area (Å²) < 4.78 is 0. The fraction of sp³-hybridized carbons (Fsp3) is 0.615. The molecule has 0 bridgehead atoms. The summed E-state index contributed by atoms with van der Waals surface area (Å²) in [6.07, 6.45) is 4.28. The van der Waals surface area contributed by atoms with Crippen LogP contribution in [0.25, 0.3) is 0 Å². The van der Waals surface area contributed by atoms with Gasteiger partial charge in [-0.3, -0.25) is 10.1 Å². The maximum atomic E-state index is 10.9. The predicted octanol–water partition coefficient (Wildman–Crippen LogP) is 3.41. The van der Waals surface area contributed by atoms with Crippen LogP contribution < -0.4 is 10.6 Å². The molecule has 0 atom stereocenters. The number of aromatic nitrogens is 1. The van der Waals surface area contributed by atoms with Crippen molar-refractivity contribution in [2.45, 2.75) is 39.5 Å². The Balaban J connectivity index is 2.72. The van der Waals surface area contributed by atoms with E-state index in [1.807, 2.05) is 6.92 Å². The van der Waals surface area contributed by atoms with E-state index in [1.165, 1.54) is 12.1 Å². The molecule has 6 heteroatoms. The van der Waals surface area contributed by atoms with Gasteiger partial charge in [0.1, 0.15) is 11.6 Å². The second-order valence-corrected chi connectivity index (χ2v) is 4.41. The molecule has 0 fully saturated rings. The van der Waals surface area contributed by atoms with Gasteiger partial charge in [-0.05, 0) is 12.8 Å². The molecular formula is C13H22N4O2. The summed E-state index contributed by atoms with van der Waals surface area (Å²) in [6.45, 7) is 5.71. The van der Waals surface area contributed by atoms with E-state index in [9.17, 15) is 10.1 Å². The summed E-state index contributed by atoms with van der Waals surface area (Å²) >= 11 is 0. The van der Waals surface area contributed by atoms with E-state index in [-0.39, 0.29) is 5.69 Å². The number of anilines is 2. The van der Waals surface area contributed by atoms with Crippen LogP contribution >= 0.6 is 0 Å². The van der Waals surface area contributed by atoms with E-state index >= 15 is 0 Å². The van der Waals surface area contributed by atoms with Gasteiger partial charge in [0.25, 0.3) is 5.69 Å². The number of unbranched alkanes of at least 4 members (excludes halogenated alkanes) is 2.